The number of ether oxygens (including phenoxy) is 2. The summed E-state index contributed by atoms with van der Waals surface area (Å²) >= 11 is 1.36. The summed E-state index contributed by atoms with van der Waals surface area (Å²) in [5, 5.41) is 3.73. The van der Waals surface area contributed by atoms with Crippen molar-refractivity contribution in [1.82, 2.24) is 10.3 Å². The second kappa shape index (κ2) is 7.92. The van der Waals surface area contributed by atoms with Gasteiger partial charge in [0.1, 0.15) is 4.88 Å². The van der Waals surface area contributed by atoms with Crippen LogP contribution >= 0.6 is 11.3 Å². The molecule has 6 nitrogen and oxygen atoms in total. The number of hydrogen-bond acceptors (Lipinski definition) is 6. The molecule has 0 bridgehead atoms. The Morgan fingerprint density at radius 3 is 3.05 bits per heavy atom. The van der Waals surface area contributed by atoms with Crippen LogP contribution in [0.1, 0.15) is 16.1 Å². The average molecular weight is 309 g/mol. The van der Waals surface area contributed by atoms with Crippen molar-refractivity contribution in [2.24, 2.45) is 0 Å². The van der Waals surface area contributed by atoms with Crippen LogP contribution in [-0.4, -0.2) is 44.4 Å². The fourth-order valence-corrected chi connectivity index (χ4v) is 2.85. The number of thiophene rings is 1. The van der Waals surface area contributed by atoms with E-state index in [2.05, 4.69) is 10.3 Å². The first-order chi connectivity index (χ1) is 10.2. The second-order valence-electron chi connectivity index (χ2n) is 4.43. The van der Waals surface area contributed by atoms with Gasteiger partial charge >= 0.3 is 0 Å². The van der Waals surface area contributed by atoms with E-state index in [0.717, 1.165) is 16.5 Å². The van der Waals surface area contributed by atoms with E-state index in [0.29, 0.717) is 36.9 Å². The molecule has 2 aromatic rings. The Labute approximate surface area is 127 Å². The lowest BCUT2D eigenvalue weighted by Crippen LogP contribution is -2.25. The molecule has 0 aliphatic carbocycles. The van der Waals surface area contributed by atoms with Gasteiger partial charge in [0, 0.05) is 38.0 Å². The molecule has 0 unspecified atom stereocenters. The first kappa shape index (κ1) is 15.7. The van der Waals surface area contributed by atoms with Gasteiger partial charge < -0.3 is 20.5 Å². The van der Waals surface area contributed by atoms with Crippen molar-refractivity contribution < 1.29 is 14.3 Å². The van der Waals surface area contributed by atoms with Gasteiger partial charge in [-0.3, -0.25) is 9.78 Å². The van der Waals surface area contributed by atoms with E-state index < -0.39 is 0 Å². The number of carbonyl (C=O) groups excluding carboxylic acids is 1. The van der Waals surface area contributed by atoms with Crippen LogP contribution in [0.25, 0.3) is 10.1 Å². The summed E-state index contributed by atoms with van der Waals surface area (Å²) in [6, 6.07) is 1.82. The number of aromatic nitrogens is 1. The molecule has 3 N–H and O–H groups in total. The number of nitrogens with zero attached hydrogens (tertiary/aromatic N) is 1. The van der Waals surface area contributed by atoms with Crippen LogP contribution in [0, 0.1) is 0 Å². The maximum absolute atomic E-state index is 12.1. The Kier molecular flexibility index (Phi) is 5.91. The maximum Gasteiger partial charge on any atom is 0.263 e. The molecule has 0 saturated heterocycles. The van der Waals surface area contributed by atoms with E-state index >= 15 is 0 Å². The topological polar surface area (TPSA) is 86.5 Å². The lowest BCUT2D eigenvalue weighted by Gasteiger charge is -2.05. The molecule has 0 fully saturated rings. The Hall–Kier alpha value is -1.70. The van der Waals surface area contributed by atoms with E-state index in [1.165, 1.54) is 11.3 Å². The first-order valence-corrected chi connectivity index (χ1v) is 7.52. The third-order valence-electron chi connectivity index (χ3n) is 2.92. The van der Waals surface area contributed by atoms with E-state index in [1.807, 2.05) is 6.07 Å². The number of methoxy groups -OCH3 is 1. The van der Waals surface area contributed by atoms with Gasteiger partial charge in [-0.25, -0.2) is 0 Å². The van der Waals surface area contributed by atoms with Crippen LogP contribution in [0.3, 0.4) is 0 Å². The van der Waals surface area contributed by atoms with Crippen LogP contribution < -0.4 is 11.1 Å². The molecule has 0 aliphatic rings. The van der Waals surface area contributed by atoms with E-state index in [1.54, 1.807) is 19.5 Å². The summed E-state index contributed by atoms with van der Waals surface area (Å²) in [5.74, 6) is -0.148. The van der Waals surface area contributed by atoms with Crippen molar-refractivity contribution in [1.29, 1.82) is 0 Å². The van der Waals surface area contributed by atoms with Gasteiger partial charge in [0.15, 0.2) is 0 Å². The van der Waals surface area contributed by atoms with Gasteiger partial charge in [0.25, 0.3) is 5.91 Å². The summed E-state index contributed by atoms with van der Waals surface area (Å²) in [5.41, 5.74) is 6.53. The zero-order chi connectivity index (χ0) is 15.1. The number of pyridine rings is 1. The molecule has 1 amide bonds. The molecule has 0 aromatic carbocycles. The number of rotatable bonds is 8. The van der Waals surface area contributed by atoms with Gasteiger partial charge in [-0.15, -0.1) is 11.3 Å². The highest BCUT2D eigenvalue weighted by molar-refractivity contribution is 7.21. The van der Waals surface area contributed by atoms with Crippen LogP contribution in [0.15, 0.2) is 18.5 Å². The summed E-state index contributed by atoms with van der Waals surface area (Å²) in [4.78, 5) is 16.7. The van der Waals surface area contributed by atoms with Gasteiger partial charge in [-0.1, -0.05) is 0 Å². The van der Waals surface area contributed by atoms with Crippen LogP contribution in [0.5, 0.6) is 0 Å². The Morgan fingerprint density at radius 2 is 2.29 bits per heavy atom. The minimum atomic E-state index is -0.148. The number of amides is 1. The molecule has 0 saturated carbocycles. The van der Waals surface area contributed by atoms with E-state index in [9.17, 15) is 4.79 Å². The van der Waals surface area contributed by atoms with Gasteiger partial charge in [-0.05, 0) is 12.5 Å². The Morgan fingerprint density at radius 1 is 1.43 bits per heavy atom. The standard InChI is InChI=1S/C14H19N3O3S/c1-19-7-8-20-6-2-4-17-14(18)13-12(15)10-3-5-16-9-11(10)21-13/h3,5,9H,2,4,6-8,15H2,1H3,(H,17,18). The molecule has 21 heavy (non-hydrogen) atoms. The molecule has 0 atom stereocenters. The summed E-state index contributed by atoms with van der Waals surface area (Å²) in [6.45, 7) is 2.30. The predicted molar refractivity (Wildman–Crippen MR) is 83.7 cm³/mol. The monoisotopic (exact) mass is 309 g/mol. The van der Waals surface area contributed by atoms with Crippen LogP contribution in [-0.2, 0) is 9.47 Å². The molecular weight excluding hydrogens is 290 g/mol. The highest BCUT2D eigenvalue weighted by Gasteiger charge is 2.15. The minimum absolute atomic E-state index is 0.148. The molecule has 7 heteroatoms. The van der Waals surface area contributed by atoms with Crippen LogP contribution in [0.2, 0.25) is 0 Å². The quantitative estimate of drug-likeness (QED) is 0.724. The zero-order valence-corrected chi connectivity index (χ0v) is 12.7. The lowest BCUT2D eigenvalue weighted by molar-refractivity contribution is 0.0688. The van der Waals surface area contributed by atoms with Crippen molar-refractivity contribution >= 4 is 33.0 Å². The van der Waals surface area contributed by atoms with Crippen molar-refractivity contribution in [2.75, 3.05) is 39.2 Å². The van der Waals surface area contributed by atoms with Crippen LogP contribution in [0.4, 0.5) is 5.69 Å². The molecule has 0 aliphatic heterocycles. The highest BCUT2D eigenvalue weighted by atomic mass is 32.1. The number of carbonyl (C=O) groups is 1. The maximum atomic E-state index is 12.1. The Balaban J connectivity index is 1.81. The smallest absolute Gasteiger partial charge is 0.263 e. The Bertz CT molecular complexity index is 600. The molecule has 2 aromatic heterocycles. The zero-order valence-electron chi connectivity index (χ0n) is 11.9. The molecule has 0 spiro atoms. The lowest BCUT2D eigenvalue weighted by atomic mass is 10.2. The van der Waals surface area contributed by atoms with Crippen molar-refractivity contribution in [3.05, 3.63) is 23.3 Å². The fourth-order valence-electron chi connectivity index (χ4n) is 1.84. The minimum Gasteiger partial charge on any atom is -0.397 e. The molecule has 0 radical (unpaired) electrons. The number of anilines is 1. The molecule has 2 heterocycles. The number of nitrogens with one attached hydrogen (secondary N) is 1. The van der Waals surface area contributed by atoms with E-state index in [-0.39, 0.29) is 5.91 Å². The number of nitrogen functional groups attached to an aromatic ring is 1. The predicted octanol–water partition coefficient (Wildman–Crippen LogP) is 1.66. The number of nitrogens with two attached hydrogens (primary N) is 1. The van der Waals surface area contributed by atoms with Crippen molar-refractivity contribution in [3.8, 4) is 0 Å². The molecular formula is C14H19N3O3S. The SMILES string of the molecule is COCCOCCCNC(=O)c1sc2cnccc2c1N. The first-order valence-electron chi connectivity index (χ1n) is 6.71. The normalized spacial score (nSPS) is 10.9. The summed E-state index contributed by atoms with van der Waals surface area (Å²) in [6.07, 6.45) is 4.14. The molecule has 114 valence electrons. The van der Waals surface area contributed by atoms with E-state index in [4.69, 9.17) is 15.2 Å². The second-order valence-corrected chi connectivity index (χ2v) is 5.48. The third kappa shape index (κ3) is 4.13. The van der Waals surface area contributed by atoms with Crippen molar-refractivity contribution in [2.45, 2.75) is 6.42 Å². The largest absolute Gasteiger partial charge is 0.397 e. The summed E-state index contributed by atoms with van der Waals surface area (Å²) < 4.78 is 11.1. The number of fused-ring (bicyclic) bond motifs is 1. The van der Waals surface area contributed by atoms with Gasteiger partial charge in [0.2, 0.25) is 0 Å². The van der Waals surface area contributed by atoms with Gasteiger partial charge in [0.05, 0.1) is 23.6 Å². The van der Waals surface area contributed by atoms with Gasteiger partial charge in [-0.2, -0.15) is 0 Å². The number of hydrogen-bond donors (Lipinski definition) is 2. The highest BCUT2D eigenvalue weighted by Crippen LogP contribution is 2.32. The van der Waals surface area contributed by atoms with Crippen molar-refractivity contribution in [3.63, 3.8) is 0 Å². The third-order valence-corrected chi connectivity index (χ3v) is 4.08. The fraction of sp³-hybridized carbons (Fsp3) is 0.429. The summed E-state index contributed by atoms with van der Waals surface area (Å²) in [7, 11) is 1.63. The average Bonchev–Trinajstić information content (AvgIpc) is 2.84. The molecule has 2 rings (SSSR count).